The van der Waals surface area contributed by atoms with Gasteiger partial charge in [0.15, 0.2) is 0 Å². The van der Waals surface area contributed by atoms with Crippen LogP contribution in [0.25, 0.3) is 0 Å². The molecule has 1 aliphatic carbocycles. The molecule has 0 aliphatic heterocycles. The molecule has 1 aromatic carbocycles. The molecular formula is C19H30ClN3O4. The highest BCUT2D eigenvalue weighted by atomic mass is 35.5. The zero-order valence-electron chi connectivity index (χ0n) is 16.0. The zero-order valence-corrected chi connectivity index (χ0v) is 16.8. The zero-order chi connectivity index (χ0) is 19.8. The normalized spacial score (nSPS) is 19.9. The molecule has 27 heavy (non-hydrogen) atoms. The fourth-order valence-corrected chi connectivity index (χ4v) is 3.27. The fraction of sp³-hybridized carbons (Fsp3) is 0.632. The van der Waals surface area contributed by atoms with Crippen molar-refractivity contribution in [2.75, 3.05) is 32.0 Å². The van der Waals surface area contributed by atoms with Gasteiger partial charge in [-0.05, 0) is 38.4 Å². The summed E-state index contributed by atoms with van der Waals surface area (Å²) >= 11 is 6.08. The van der Waals surface area contributed by atoms with Gasteiger partial charge in [0.25, 0.3) is 5.91 Å². The maximum Gasteiger partial charge on any atom is 0.278 e. The molecule has 0 aromatic heterocycles. The maximum absolute atomic E-state index is 12.5. The second-order valence-electron chi connectivity index (χ2n) is 6.68. The Balaban J connectivity index is 2.03. The van der Waals surface area contributed by atoms with E-state index in [1.54, 1.807) is 0 Å². The fourth-order valence-electron chi connectivity index (χ4n) is 3.11. The van der Waals surface area contributed by atoms with Crippen molar-refractivity contribution in [1.29, 1.82) is 0 Å². The van der Waals surface area contributed by atoms with E-state index in [-0.39, 0.29) is 16.7 Å². The summed E-state index contributed by atoms with van der Waals surface area (Å²) in [5.74, 6) is -0.163. The van der Waals surface area contributed by atoms with E-state index in [4.69, 9.17) is 26.9 Å². The highest BCUT2D eigenvalue weighted by Crippen LogP contribution is 2.32. The number of rotatable bonds is 9. The summed E-state index contributed by atoms with van der Waals surface area (Å²) in [6.07, 6.45) is 2.43. The largest absolute Gasteiger partial charge is 0.487 e. The number of carbonyl (C=O) groups is 1. The number of likely N-dealkylation sites (N-methyl/N-ethyl adjacent to an activating group) is 1. The Morgan fingerprint density at radius 2 is 2.04 bits per heavy atom. The van der Waals surface area contributed by atoms with Crippen LogP contribution in [0.3, 0.4) is 0 Å². The lowest BCUT2D eigenvalue weighted by atomic mass is 9.94. The molecule has 0 bridgehead atoms. The molecule has 2 rings (SSSR count). The number of hydroxylamine groups is 1. The summed E-state index contributed by atoms with van der Waals surface area (Å²) in [6, 6.07) is 2.99. The number of hydrogen-bond donors (Lipinski definition) is 3. The Morgan fingerprint density at radius 1 is 1.33 bits per heavy atom. The highest BCUT2D eigenvalue weighted by molar-refractivity contribution is 6.33. The standard InChI is InChI=1S/C19H30ClN3O4/c1-3-23(4-2)9-10-26-22-19(25)13-11-14(20)15(21)12-18(13)27-17-8-6-5-7-16(17)24/h11-12,16-17,24H,3-10,21H2,1-2H3,(H,22,25). The van der Waals surface area contributed by atoms with E-state index in [0.717, 1.165) is 32.4 Å². The number of aliphatic hydroxyl groups excluding tert-OH is 1. The lowest BCUT2D eigenvalue weighted by Crippen LogP contribution is -2.35. The summed E-state index contributed by atoms with van der Waals surface area (Å²) in [4.78, 5) is 20.0. The topological polar surface area (TPSA) is 97.1 Å². The Bertz CT molecular complexity index is 625. The Kier molecular flexibility index (Phi) is 8.63. The van der Waals surface area contributed by atoms with Crippen LogP contribution in [-0.4, -0.2) is 54.4 Å². The molecule has 152 valence electrons. The van der Waals surface area contributed by atoms with Crippen LogP contribution in [0.4, 0.5) is 5.69 Å². The highest BCUT2D eigenvalue weighted by Gasteiger charge is 2.27. The summed E-state index contributed by atoms with van der Waals surface area (Å²) in [5.41, 5.74) is 8.85. The van der Waals surface area contributed by atoms with Crippen molar-refractivity contribution in [2.45, 2.75) is 51.7 Å². The minimum absolute atomic E-state index is 0.231. The molecule has 1 fully saturated rings. The molecule has 0 saturated heterocycles. The number of amides is 1. The minimum atomic E-state index is -0.558. The average molecular weight is 400 g/mol. The first kappa shape index (κ1) is 21.8. The monoisotopic (exact) mass is 399 g/mol. The first-order valence-corrected chi connectivity index (χ1v) is 9.92. The van der Waals surface area contributed by atoms with Crippen LogP contribution in [0.1, 0.15) is 49.9 Å². The number of halogens is 1. The number of anilines is 1. The molecule has 1 amide bonds. The molecule has 8 heteroatoms. The molecular weight excluding hydrogens is 370 g/mol. The molecule has 0 heterocycles. The van der Waals surface area contributed by atoms with Crippen molar-refractivity contribution < 1.29 is 19.5 Å². The van der Waals surface area contributed by atoms with Crippen LogP contribution >= 0.6 is 11.6 Å². The summed E-state index contributed by atoms with van der Waals surface area (Å²) in [6.45, 7) is 7.07. The van der Waals surface area contributed by atoms with Gasteiger partial charge < -0.3 is 20.5 Å². The van der Waals surface area contributed by atoms with Crippen molar-refractivity contribution in [2.24, 2.45) is 0 Å². The van der Waals surface area contributed by atoms with Crippen LogP contribution in [0.2, 0.25) is 5.02 Å². The van der Waals surface area contributed by atoms with Crippen molar-refractivity contribution in [3.8, 4) is 5.75 Å². The van der Waals surface area contributed by atoms with E-state index in [9.17, 15) is 9.90 Å². The molecule has 1 saturated carbocycles. The smallest absolute Gasteiger partial charge is 0.278 e. The van der Waals surface area contributed by atoms with Gasteiger partial charge >= 0.3 is 0 Å². The van der Waals surface area contributed by atoms with Gasteiger partial charge in [-0.3, -0.25) is 9.63 Å². The predicted molar refractivity (Wildman–Crippen MR) is 106 cm³/mol. The van der Waals surface area contributed by atoms with Gasteiger partial charge in [-0.25, -0.2) is 5.48 Å². The van der Waals surface area contributed by atoms with Crippen LogP contribution < -0.4 is 16.0 Å². The first-order valence-electron chi connectivity index (χ1n) is 9.54. The van der Waals surface area contributed by atoms with Gasteiger partial charge in [0.05, 0.1) is 29.0 Å². The van der Waals surface area contributed by atoms with Gasteiger partial charge in [-0.1, -0.05) is 31.9 Å². The Labute approximate surface area is 165 Å². The molecule has 2 atom stereocenters. The van der Waals surface area contributed by atoms with Crippen molar-refractivity contribution in [3.05, 3.63) is 22.7 Å². The lowest BCUT2D eigenvalue weighted by molar-refractivity contribution is 0.00510. The SMILES string of the molecule is CCN(CC)CCONC(=O)c1cc(Cl)c(N)cc1OC1CCCCC1O. The molecule has 4 N–H and O–H groups in total. The maximum atomic E-state index is 12.5. The molecule has 0 spiro atoms. The number of nitrogens with one attached hydrogen (secondary N) is 1. The number of ether oxygens (including phenoxy) is 1. The molecule has 7 nitrogen and oxygen atoms in total. The van der Waals surface area contributed by atoms with Gasteiger partial charge in [0.2, 0.25) is 0 Å². The second-order valence-corrected chi connectivity index (χ2v) is 7.09. The first-order chi connectivity index (χ1) is 13.0. The third kappa shape index (κ3) is 6.24. The van der Waals surface area contributed by atoms with Gasteiger partial charge in [0, 0.05) is 12.6 Å². The van der Waals surface area contributed by atoms with Crippen LogP contribution in [-0.2, 0) is 4.84 Å². The Hall–Kier alpha value is -1.54. The van der Waals surface area contributed by atoms with Crippen molar-refractivity contribution in [1.82, 2.24) is 10.4 Å². The predicted octanol–water partition coefficient (Wildman–Crippen LogP) is 2.61. The van der Waals surface area contributed by atoms with E-state index in [0.29, 0.717) is 31.0 Å². The van der Waals surface area contributed by atoms with Crippen LogP contribution in [0, 0.1) is 0 Å². The van der Waals surface area contributed by atoms with E-state index in [1.165, 1.54) is 12.1 Å². The number of nitrogens with zero attached hydrogens (tertiary/aromatic N) is 1. The van der Waals surface area contributed by atoms with E-state index in [2.05, 4.69) is 24.2 Å². The quantitative estimate of drug-likeness (QED) is 0.335. The number of aliphatic hydroxyl groups is 1. The van der Waals surface area contributed by atoms with Crippen molar-refractivity contribution in [3.63, 3.8) is 0 Å². The van der Waals surface area contributed by atoms with E-state index in [1.807, 2.05) is 0 Å². The Morgan fingerprint density at radius 3 is 2.70 bits per heavy atom. The molecule has 1 aromatic rings. The minimum Gasteiger partial charge on any atom is -0.487 e. The molecule has 1 aliphatic rings. The van der Waals surface area contributed by atoms with Crippen molar-refractivity contribution >= 4 is 23.2 Å². The number of benzene rings is 1. The van der Waals surface area contributed by atoms with Gasteiger partial charge in [0.1, 0.15) is 11.9 Å². The van der Waals surface area contributed by atoms with E-state index < -0.39 is 12.0 Å². The van der Waals surface area contributed by atoms with Crippen LogP contribution in [0.5, 0.6) is 5.75 Å². The second kappa shape index (κ2) is 10.7. The number of carbonyl (C=O) groups excluding carboxylic acids is 1. The summed E-state index contributed by atoms with van der Waals surface area (Å²) in [7, 11) is 0. The van der Waals surface area contributed by atoms with Gasteiger partial charge in [-0.2, -0.15) is 0 Å². The summed E-state index contributed by atoms with van der Waals surface area (Å²) in [5, 5.41) is 10.4. The van der Waals surface area contributed by atoms with Gasteiger partial charge in [-0.15, -0.1) is 0 Å². The third-order valence-corrected chi connectivity index (χ3v) is 5.19. The molecule has 0 radical (unpaired) electrons. The lowest BCUT2D eigenvalue weighted by Gasteiger charge is -2.29. The van der Waals surface area contributed by atoms with Crippen LogP contribution in [0.15, 0.2) is 12.1 Å². The number of hydrogen-bond acceptors (Lipinski definition) is 6. The number of nitrogens with two attached hydrogens (primary N) is 1. The average Bonchev–Trinajstić information content (AvgIpc) is 2.66. The number of nitrogen functional groups attached to an aromatic ring is 1. The third-order valence-electron chi connectivity index (χ3n) is 4.86. The molecule has 2 unspecified atom stereocenters. The van der Waals surface area contributed by atoms with E-state index >= 15 is 0 Å². The summed E-state index contributed by atoms with van der Waals surface area (Å²) < 4.78 is 5.92.